The van der Waals surface area contributed by atoms with Gasteiger partial charge < -0.3 is 10.4 Å². The first-order valence-electron chi connectivity index (χ1n) is 6.74. The van der Waals surface area contributed by atoms with Crippen molar-refractivity contribution in [2.45, 2.75) is 59.1 Å². The van der Waals surface area contributed by atoms with Crippen molar-refractivity contribution in [2.75, 3.05) is 26.2 Å². The summed E-state index contributed by atoms with van der Waals surface area (Å²) in [4.78, 5) is 2.37. The van der Waals surface area contributed by atoms with Crippen LogP contribution in [0.1, 0.15) is 47.0 Å². The third kappa shape index (κ3) is 8.08. The van der Waals surface area contributed by atoms with Crippen molar-refractivity contribution in [2.24, 2.45) is 0 Å². The van der Waals surface area contributed by atoms with Crippen LogP contribution < -0.4 is 5.32 Å². The number of aliphatic hydroxyl groups is 1. The van der Waals surface area contributed by atoms with Gasteiger partial charge in [0.2, 0.25) is 0 Å². The van der Waals surface area contributed by atoms with Crippen LogP contribution in [-0.2, 0) is 0 Å². The molecule has 0 fully saturated rings. The van der Waals surface area contributed by atoms with Gasteiger partial charge >= 0.3 is 0 Å². The molecule has 0 aromatic carbocycles. The van der Waals surface area contributed by atoms with E-state index in [-0.39, 0.29) is 6.10 Å². The van der Waals surface area contributed by atoms with E-state index in [0.29, 0.717) is 12.6 Å². The fourth-order valence-corrected chi connectivity index (χ4v) is 1.77. The van der Waals surface area contributed by atoms with Crippen LogP contribution in [0.3, 0.4) is 0 Å². The third-order valence-electron chi connectivity index (χ3n) is 2.85. The summed E-state index contributed by atoms with van der Waals surface area (Å²) in [6, 6.07) is 0.521. The molecule has 3 nitrogen and oxygen atoms in total. The highest BCUT2D eigenvalue weighted by atomic mass is 16.3. The lowest BCUT2D eigenvalue weighted by molar-refractivity contribution is 0.0937. The number of unbranched alkanes of at least 4 members (excludes halogenated alkanes) is 2. The Morgan fingerprint density at radius 3 is 2.38 bits per heavy atom. The normalized spacial score (nSPS) is 13.7. The molecule has 0 saturated heterocycles. The smallest absolute Gasteiger partial charge is 0.0791 e. The molecule has 0 aromatic heterocycles. The quantitative estimate of drug-likeness (QED) is 0.562. The molecular weight excluding hydrogens is 200 g/mol. The Hall–Kier alpha value is -0.120. The number of nitrogens with one attached hydrogen (secondary N) is 1. The first kappa shape index (κ1) is 15.9. The number of nitrogens with zero attached hydrogens (tertiary/aromatic N) is 1. The second-order valence-corrected chi connectivity index (χ2v) is 4.76. The summed E-state index contributed by atoms with van der Waals surface area (Å²) >= 11 is 0. The molecule has 0 rings (SSSR count). The average Bonchev–Trinajstić information content (AvgIpc) is 2.25. The molecule has 3 heteroatoms. The van der Waals surface area contributed by atoms with Crippen molar-refractivity contribution < 1.29 is 5.11 Å². The Labute approximate surface area is 101 Å². The Balaban J connectivity index is 3.82. The van der Waals surface area contributed by atoms with E-state index in [1.165, 1.54) is 19.3 Å². The molecule has 0 heterocycles. The molecule has 0 aliphatic rings. The summed E-state index contributed by atoms with van der Waals surface area (Å²) in [5.41, 5.74) is 0. The lowest BCUT2D eigenvalue weighted by Crippen LogP contribution is -2.42. The van der Waals surface area contributed by atoms with Gasteiger partial charge in [-0.2, -0.15) is 0 Å². The van der Waals surface area contributed by atoms with Gasteiger partial charge in [-0.05, 0) is 33.4 Å². The van der Waals surface area contributed by atoms with Crippen molar-refractivity contribution in [3.05, 3.63) is 0 Å². The highest BCUT2D eigenvalue weighted by Crippen LogP contribution is 2.04. The van der Waals surface area contributed by atoms with E-state index in [0.717, 1.165) is 19.6 Å². The molecule has 0 spiro atoms. The summed E-state index contributed by atoms with van der Waals surface area (Å²) in [5.74, 6) is 0. The number of hydrogen-bond acceptors (Lipinski definition) is 3. The predicted octanol–water partition coefficient (Wildman–Crippen LogP) is 1.86. The van der Waals surface area contributed by atoms with Crippen molar-refractivity contribution in [1.29, 1.82) is 0 Å². The Kier molecular flexibility index (Phi) is 9.99. The number of rotatable bonds is 10. The third-order valence-corrected chi connectivity index (χ3v) is 2.85. The second kappa shape index (κ2) is 10.1. The van der Waals surface area contributed by atoms with Gasteiger partial charge in [-0.15, -0.1) is 0 Å². The zero-order chi connectivity index (χ0) is 12.4. The zero-order valence-electron chi connectivity index (χ0n) is 11.5. The standard InChI is InChI=1S/C13H30N2O/c1-5-7-8-9-15(12(3)4)11-13(16)10-14-6-2/h12-14,16H,5-11H2,1-4H3. The molecule has 0 radical (unpaired) electrons. The molecule has 0 bridgehead atoms. The molecule has 0 aliphatic carbocycles. The van der Waals surface area contributed by atoms with Crippen molar-refractivity contribution in [3.8, 4) is 0 Å². The van der Waals surface area contributed by atoms with Crippen LogP contribution >= 0.6 is 0 Å². The molecule has 2 N–H and O–H groups in total. The molecule has 0 aliphatic heterocycles. The van der Waals surface area contributed by atoms with E-state index in [2.05, 4.69) is 37.9 Å². The molecule has 98 valence electrons. The topological polar surface area (TPSA) is 35.5 Å². The van der Waals surface area contributed by atoms with E-state index in [9.17, 15) is 5.11 Å². The fourth-order valence-electron chi connectivity index (χ4n) is 1.77. The molecule has 0 aromatic rings. The molecular formula is C13H30N2O. The Morgan fingerprint density at radius 2 is 1.88 bits per heavy atom. The van der Waals surface area contributed by atoms with E-state index < -0.39 is 0 Å². The minimum atomic E-state index is -0.246. The van der Waals surface area contributed by atoms with Gasteiger partial charge in [0.05, 0.1) is 6.10 Å². The van der Waals surface area contributed by atoms with Gasteiger partial charge in [0, 0.05) is 19.1 Å². The fraction of sp³-hybridized carbons (Fsp3) is 1.00. The van der Waals surface area contributed by atoms with Crippen LogP contribution in [0, 0.1) is 0 Å². The van der Waals surface area contributed by atoms with E-state index in [4.69, 9.17) is 0 Å². The van der Waals surface area contributed by atoms with Crippen molar-refractivity contribution >= 4 is 0 Å². The molecule has 0 amide bonds. The van der Waals surface area contributed by atoms with E-state index in [1.807, 2.05) is 0 Å². The summed E-state index contributed by atoms with van der Waals surface area (Å²) in [6.07, 6.45) is 3.53. The van der Waals surface area contributed by atoms with Crippen LogP contribution in [0.4, 0.5) is 0 Å². The number of hydrogen-bond donors (Lipinski definition) is 2. The lowest BCUT2D eigenvalue weighted by Gasteiger charge is -2.28. The van der Waals surface area contributed by atoms with Gasteiger partial charge in [-0.1, -0.05) is 26.7 Å². The van der Waals surface area contributed by atoms with Crippen LogP contribution in [0.25, 0.3) is 0 Å². The minimum Gasteiger partial charge on any atom is -0.390 e. The predicted molar refractivity (Wildman–Crippen MR) is 70.8 cm³/mol. The first-order chi connectivity index (χ1) is 7.61. The van der Waals surface area contributed by atoms with Gasteiger partial charge in [0.1, 0.15) is 0 Å². The van der Waals surface area contributed by atoms with Crippen LogP contribution in [0.5, 0.6) is 0 Å². The monoisotopic (exact) mass is 230 g/mol. The van der Waals surface area contributed by atoms with Crippen molar-refractivity contribution in [3.63, 3.8) is 0 Å². The van der Waals surface area contributed by atoms with Crippen LogP contribution in [-0.4, -0.2) is 48.3 Å². The Morgan fingerprint density at radius 1 is 1.19 bits per heavy atom. The number of likely N-dealkylation sites (N-methyl/N-ethyl adjacent to an activating group) is 1. The maximum atomic E-state index is 9.85. The number of aliphatic hydroxyl groups excluding tert-OH is 1. The maximum Gasteiger partial charge on any atom is 0.0791 e. The summed E-state index contributed by atoms with van der Waals surface area (Å²) in [5, 5.41) is 13.0. The minimum absolute atomic E-state index is 0.246. The van der Waals surface area contributed by atoms with Gasteiger partial charge in [-0.25, -0.2) is 0 Å². The van der Waals surface area contributed by atoms with Crippen LogP contribution in [0.2, 0.25) is 0 Å². The van der Waals surface area contributed by atoms with Gasteiger partial charge in [0.15, 0.2) is 0 Å². The van der Waals surface area contributed by atoms with Crippen molar-refractivity contribution in [1.82, 2.24) is 10.2 Å². The lowest BCUT2D eigenvalue weighted by atomic mass is 10.2. The van der Waals surface area contributed by atoms with E-state index in [1.54, 1.807) is 0 Å². The van der Waals surface area contributed by atoms with Gasteiger partial charge in [-0.3, -0.25) is 4.90 Å². The van der Waals surface area contributed by atoms with Gasteiger partial charge in [0.25, 0.3) is 0 Å². The SMILES string of the molecule is CCCCCN(CC(O)CNCC)C(C)C. The maximum absolute atomic E-state index is 9.85. The highest BCUT2D eigenvalue weighted by molar-refractivity contribution is 4.69. The molecule has 1 atom stereocenters. The van der Waals surface area contributed by atoms with E-state index >= 15 is 0 Å². The summed E-state index contributed by atoms with van der Waals surface area (Å²) < 4.78 is 0. The van der Waals surface area contributed by atoms with Crippen LogP contribution in [0.15, 0.2) is 0 Å². The summed E-state index contributed by atoms with van der Waals surface area (Å²) in [7, 11) is 0. The molecule has 1 unspecified atom stereocenters. The summed E-state index contributed by atoms with van der Waals surface area (Å²) in [6.45, 7) is 12.2. The highest BCUT2D eigenvalue weighted by Gasteiger charge is 2.13. The first-order valence-corrected chi connectivity index (χ1v) is 6.74. The molecule has 0 saturated carbocycles. The largest absolute Gasteiger partial charge is 0.390 e. The average molecular weight is 230 g/mol. The molecule has 16 heavy (non-hydrogen) atoms. The zero-order valence-corrected chi connectivity index (χ0v) is 11.5. The Bertz CT molecular complexity index is 151. The second-order valence-electron chi connectivity index (χ2n) is 4.76.